The predicted octanol–water partition coefficient (Wildman–Crippen LogP) is 1.53. The van der Waals surface area contributed by atoms with Crippen molar-refractivity contribution in [2.24, 2.45) is 0 Å². The first-order valence-electron chi connectivity index (χ1n) is 3.56. The van der Waals surface area contributed by atoms with Crippen LogP contribution in [0.4, 0.5) is 0 Å². The van der Waals surface area contributed by atoms with E-state index in [1.165, 1.54) is 19.3 Å². The zero-order valence-corrected chi connectivity index (χ0v) is 5.89. The van der Waals surface area contributed by atoms with E-state index in [-0.39, 0.29) is 0 Å². The van der Waals surface area contributed by atoms with Crippen LogP contribution in [0.15, 0.2) is 0 Å². The lowest BCUT2D eigenvalue weighted by atomic mass is 9.99. The topological polar surface area (TPSA) is 26.1 Å². The second-order valence-corrected chi connectivity index (χ2v) is 2.62. The SMILES string of the molecule is C[N+]([O-])=C1CCCCC1. The summed E-state index contributed by atoms with van der Waals surface area (Å²) in [6.45, 7) is 0. The first-order valence-corrected chi connectivity index (χ1v) is 3.56. The molecule has 52 valence electrons. The van der Waals surface area contributed by atoms with Crippen LogP contribution in [-0.4, -0.2) is 17.5 Å². The monoisotopic (exact) mass is 127 g/mol. The summed E-state index contributed by atoms with van der Waals surface area (Å²) in [5.41, 5.74) is 1.08. The van der Waals surface area contributed by atoms with Crippen LogP contribution in [0.3, 0.4) is 0 Å². The molecule has 0 atom stereocenters. The minimum atomic E-state index is 1.03. The normalized spacial score (nSPS) is 19.9. The van der Waals surface area contributed by atoms with Crippen LogP contribution >= 0.6 is 0 Å². The molecule has 0 aliphatic heterocycles. The van der Waals surface area contributed by atoms with Gasteiger partial charge in [-0.15, -0.1) is 0 Å². The highest BCUT2D eigenvalue weighted by molar-refractivity contribution is 5.80. The molecule has 0 aromatic carbocycles. The number of hydrogen-bond acceptors (Lipinski definition) is 1. The van der Waals surface area contributed by atoms with Crippen LogP contribution in [0.5, 0.6) is 0 Å². The first kappa shape index (κ1) is 6.59. The zero-order chi connectivity index (χ0) is 6.69. The van der Waals surface area contributed by atoms with Crippen LogP contribution < -0.4 is 0 Å². The van der Waals surface area contributed by atoms with Crippen molar-refractivity contribution >= 4 is 5.71 Å². The predicted molar refractivity (Wildman–Crippen MR) is 37.6 cm³/mol. The number of nitrogens with zero attached hydrogens (tertiary/aromatic N) is 1. The fourth-order valence-electron chi connectivity index (χ4n) is 1.27. The van der Waals surface area contributed by atoms with Crippen LogP contribution in [0.2, 0.25) is 0 Å². The summed E-state index contributed by atoms with van der Waals surface area (Å²) in [6.07, 6.45) is 5.78. The first-order chi connectivity index (χ1) is 4.30. The molecule has 1 aliphatic carbocycles. The van der Waals surface area contributed by atoms with E-state index in [1.807, 2.05) is 0 Å². The van der Waals surface area contributed by atoms with E-state index in [1.54, 1.807) is 7.05 Å². The van der Waals surface area contributed by atoms with Crippen molar-refractivity contribution in [1.29, 1.82) is 0 Å². The molecule has 0 spiro atoms. The maximum atomic E-state index is 10.7. The molecule has 0 heterocycles. The standard InChI is InChI=1S/C7H13NO/c1-8(9)7-5-3-2-4-6-7/h2-6H2,1H3. The Morgan fingerprint density at radius 2 is 1.78 bits per heavy atom. The fraction of sp³-hybridized carbons (Fsp3) is 0.857. The van der Waals surface area contributed by atoms with E-state index in [9.17, 15) is 5.21 Å². The summed E-state index contributed by atoms with van der Waals surface area (Å²) in [5, 5.41) is 10.7. The van der Waals surface area contributed by atoms with Gasteiger partial charge in [-0.3, -0.25) is 0 Å². The van der Waals surface area contributed by atoms with Crippen LogP contribution in [0.1, 0.15) is 32.1 Å². The van der Waals surface area contributed by atoms with E-state index in [0.29, 0.717) is 0 Å². The average Bonchev–Trinajstić information content (AvgIpc) is 1.90. The van der Waals surface area contributed by atoms with Gasteiger partial charge in [-0.1, -0.05) is 6.42 Å². The maximum absolute atomic E-state index is 10.7. The summed E-state index contributed by atoms with van der Waals surface area (Å²) in [6, 6.07) is 0. The Morgan fingerprint density at radius 1 is 1.22 bits per heavy atom. The lowest BCUT2D eigenvalue weighted by Crippen LogP contribution is -2.14. The molecule has 0 unspecified atom stereocenters. The smallest absolute Gasteiger partial charge is 0.163 e. The largest absolute Gasteiger partial charge is 0.624 e. The van der Waals surface area contributed by atoms with Gasteiger partial charge in [-0.05, 0) is 12.8 Å². The third-order valence-corrected chi connectivity index (χ3v) is 1.88. The van der Waals surface area contributed by atoms with E-state index < -0.39 is 0 Å². The molecule has 1 saturated carbocycles. The molecule has 1 fully saturated rings. The van der Waals surface area contributed by atoms with Gasteiger partial charge >= 0.3 is 0 Å². The van der Waals surface area contributed by atoms with Crippen LogP contribution in [0.25, 0.3) is 0 Å². The Hall–Kier alpha value is -0.530. The van der Waals surface area contributed by atoms with Gasteiger partial charge in [0.2, 0.25) is 0 Å². The second-order valence-electron chi connectivity index (χ2n) is 2.62. The Morgan fingerprint density at radius 3 is 2.11 bits per heavy atom. The summed E-state index contributed by atoms with van der Waals surface area (Å²) in [7, 11) is 1.60. The molecular formula is C7H13NO. The van der Waals surface area contributed by atoms with E-state index in [4.69, 9.17) is 0 Å². The van der Waals surface area contributed by atoms with Crippen molar-refractivity contribution in [3.8, 4) is 0 Å². The highest BCUT2D eigenvalue weighted by Crippen LogP contribution is 2.13. The quantitative estimate of drug-likeness (QED) is 0.275. The van der Waals surface area contributed by atoms with E-state index in [0.717, 1.165) is 23.3 Å². The summed E-state index contributed by atoms with van der Waals surface area (Å²) < 4.78 is 1.03. The molecule has 9 heavy (non-hydrogen) atoms. The van der Waals surface area contributed by atoms with Crippen molar-refractivity contribution in [3.63, 3.8) is 0 Å². The maximum Gasteiger partial charge on any atom is 0.163 e. The highest BCUT2D eigenvalue weighted by Gasteiger charge is 2.11. The average molecular weight is 127 g/mol. The molecule has 0 aromatic heterocycles. The van der Waals surface area contributed by atoms with Gasteiger partial charge in [0.05, 0.1) is 0 Å². The van der Waals surface area contributed by atoms with Gasteiger partial charge in [0.1, 0.15) is 7.05 Å². The highest BCUT2D eigenvalue weighted by atomic mass is 16.5. The molecule has 0 bridgehead atoms. The minimum Gasteiger partial charge on any atom is -0.624 e. The Balaban J connectivity index is 2.49. The van der Waals surface area contributed by atoms with Crippen LogP contribution in [-0.2, 0) is 0 Å². The summed E-state index contributed by atoms with van der Waals surface area (Å²) >= 11 is 0. The summed E-state index contributed by atoms with van der Waals surface area (Å²) in [5.74, 6) is 0. The molecule has 0 aromatic rings. The molecule has 0 amide bonds. The van der Waals surface area contributed by atoms with Gasteiger partial charge in [0.25, 0.3) is 0 Å². The van der Waals surface area contributed by atoms with Crippen molar-refractivity contribution in [2.75, 3.05) is 7.05 Å². The second kappa shape index (κ2) is 2.85. The lowest BCUT2D eigenvalue weighted by Gasteiger charge is -2.11. The van der Waals surface area contributed by atoms with Gasteiger partial charge in [0, 0.05) is 12.8 Å². The van der Waals surface area contributed by atoms with Gasteiger partial charge in [0.15, 0.2) is 5.71 Å². The minimum absolute atomic E-state index is 1.03. The molecule has 0 saturated heterocycles. The zero-order valence-electron chi connectivity index (χ0n) is 5.89. The van der Waals surface area contributed by atoms with Crippen molar-refractivity contribution in [1.82, 2.24) is 0 Å². The molecule has 1 aliphatic rings. The lowest BCUT2D eigenvalue weighted by molar-refractivity contribution is -0.426. The Kier molecular flexibility index (Phi) is 2.09. The molecule has 2 nitrogen and oxygen atoms in total. The van der Waals surface area contributed by atoms with Crippen molar-refractivity contribution < 1.29 is 4.74 Å². The van der Waals surface area contributed by atoms with Crippen molar-refractivity contribution in [3.05, 3.63) is 5.21 Å². The third-order valence-electron chi connectivity index (χ3n) is 1.88. The Bertz CT molecular complexity index is 117. The molecule has 0 radical (unpaired) electrons. The number of rotatable bonds is 0. The van der Waals surface area contributed by atoms with Gasteiger partial charge in [-0.2, -0.15) is 0 Å². The molecular weight excluding hydrogens is 114 g/mol. The van der Waals surface area contributed by atoms with Gasteiger partial charge < -0.3 is 5.21 Å². The van der Waals surface area contributed by atoms with E-state index >= 15 is 0 Å². The molecule has 2 heteroatoms. The third kappa shape index (κ3) is 1.70. The Labute approximate surface area is 55.8 Å². The number of hydroxylamine groups is 1. The van der Waals surface area contributed by atoms with E-state index in [2.05, 4.69) is 0 Å². The fourth-order valence-corrected chi connectivity index (χ4v) is 1.27. The van der Waals surface area contributed by atoms with Crippen LogP contribution in [0, 0.1) is 5.21 Å². The van der Waals surface area contributed by atoms with Gasteiger partial charge in [-0.25, -0.2) is 4.74 Å². The molecule has 1 rings (SSSR count). The van der Waals surface area contributed by atoms with Crippen molar-refractivity contribution in [2.45, 2.75) is 32.1 Å². The molecule has 0 N–H and O–H groups in total. The number of hydrogen-bond donors (Lipinski definition) is 0. The summed E-state index contributed by atoms with van der Waals surface area (Å²) in [4.78, 5) is 0.